The van der Waals surface area contributed by atoms with Crippen LogP contribution in [0.3, 0.4) is 0 Å². The summed E-state index contributed by atoms with van der Waals surface area (Å²) in [6, 6.07) is 5.93. The second kappa shape index (κ2) is 4.89. The van der Waals surface area contributed by atoms with E-state index in [1.165, 1.54) is 18.2 Å². The summed E-state index contributed by atoms with van der Waals surface area (Å²) in [7, 11) is 0. The van der Waals surface area contributed by atoms with Crippen molar-refractivity contribution in [1.29, 1.82) is 0 Å². The molecule has 0 bridgehead atoms. The van der Waals surface area contributed by atoms with Crippen LogP contribution >= 0.6 is 27.5 Å². The topological polar surface area (TPSA) is 37.4 Å². The molecule has 0 radical (unpaired) electrons. The molecule has 7 heteroatoms. The lowest BCUT2D eigenvalue weighted by molar-refractivity contribution is 0.0926. The summed E-state index contributed by atoms with van der Waals surface area (Å²) in [5, 5.41) is 0.410. The highest BCUT2D eigenvalue weighted by Gasteiger charge is 2.38. The van der Waals surface area contributed by atoms with E-state index in [1.807, 2.05) is 0 Å². The van der Waals surface area contributed by atoms with Gasteiger partial charge in [0, 0.05) is 4.47 Å². The molecule has 0 N–H and O–H groups in total. The fourth-order valence-corrected chi connectivity index (χ4v) is 2.58. The van der Waals surface area contributed by atoms with Crippen LogP contribution in [-0.2, 0) is 0 Å². The Morgan fingerprint density at radius 1 is 0.952 bits per heavy atom. The molecule has 3 nitrogen and oxygen atoms in total. The van der Waals surface area contributed by atoms with Crippen molar-refractivity contribution in [3.63, 3.8) is 0 Å². The molecule has 0 saturated carbocycles. The van der Waals surface area contributed by atoms with E-state index in [2.05, 4.69) is 15.9 Å². The van der Waals surface area contributed by atoms with Gasteiger partial charge in [-0.15, -0.1) is 0 Å². The predicted molar refractivity (Wildman–Crippen MR) is 76.7 cm³/mol. The van der Waals surface area contributed by atoms with Crippen molar-refractivity contribution in [2.24, 2.45) is 0 Å². The van der Waals surface area contributed by atoms with Crippen LogP contribution in [0.4, 0.5) is 14.5 Å². The minimum absolute atomic E-state index is 0.162. The van der Waals surface area contributed by atoms with Crippen LogP contribution in [0.25, 0.3) is 0 Å². The average Bonchev–Trinajstić information content (AvgIpc) is 2.66. The van der Waals surface area contributed by atoms with Crippen molar-refractivity contribution in [3.8, 4) is 0 Å². The lowest BCUT2D eigenvalue weighted by Gasteiger charge is -2.14. The van der Waals surface area contributed by atoms with Crippen LogP contribution in [0, 0.1) is 11.6 Å². The number of nitrogens with zero attached hydrogens (tertiary/aromatic N) is 1. The molecule has 3 rings (SSSR count). The molecule has 0 aliphatic carbocycles. The first-order valence-corrected chi connectivity index (χ1v) is 6.90. The minimum atomic E-state index is -1.17. The van der Waals surface area contributed by atoms with Gasteiger partial charge in [-0.2, -0.15) is 0 Å². The maximum Gasteiger partial charge on any atom is 0.266 e. The molecule has 1 aliphatic rings. The second-order valence-corrected chi connectivity index (χ2v) is 5.62. The minimum Gasteiger partial charge on any atom is -0.268 e. The molecule has 0 spiro atoms. The van der Waals surface area contributed by atoms with Crippen molar-refractivity contribution in [2.75, 3.05) is 4.90 Å². The number of fused-ring (bicyclic) bond motifs is 1. The first-order valence-electron chi connectivity index (χ1n) is 5.73. The molecule has 0 fully saturated rings. The number of hydrogen-bond acceptors (Lipinski definition) is 2. The first kappa shape index (κ1) is 14.2. The van der Waals surface area contributed by atoms with E-state index in [9.17, 15) is 18.4 Å². The van der Waals surface area contributed by atoms with Gasteiger partial charge in [0.15, 0.2) is 11.6 Å². The highest BCUT2D eigenvalue weighted by Crippen LogP contribution is 2.33. The summed E-state index contributed by atoms with van der Waals surface area (Å²) < 4.78 is 27.0. The van der Waals surface area contributed by atoms with Gasteiger partial charge in [0.05, 0.1) is 21.8 Å². The molecule has 1 aliphatic heterocycles. The maximum absolute atomic E-state index is 13.2. The third kappa shape index (κ3) is 2.15. The number of imide groups is 1. The standard InChI is InChI=1S/C14H5BrClF2NO2/c15-9-3-6(1-2-10(9)16)19-13(20)7-4-11(17)12(18)5-8(7)14(19)21/h1-5H. The van der Waals surface area contributed by atoms with Gasteiger partial charge >= 0.3 is 0 Å². The number of amides is 2. The SMILES string of the molecule is O=C1c2cc(F)c(F)cc2C(=O)N1c1ccc(Cl)c(Br)c1. The second-order valence-electron chi connectivity index (χ2n) is 4.36. The van der Waals surface area contributed by atoms with E-state index in [1.54, 1.807) is 0 Å². The largest absolute Gasteiger partial charge is 0.268 e. The lowest BCUT2D eigenvalue weighted by atomic mass is 10.1. The summed E-state index contributed by atoms with van der Waals surface area (Å²) in [5.74, 6) is -3.76. The number of anilines is 1. The number of halogens is 4. The molecule has 2 amide bonds. The summed E-state index contributed by atoms with van der Waals surface area (Å²) in [6.07, 6.45) is 0. The molecule has 0 saturated heterocycles. The number of benzene rings is 2. The molecular weight excluding hydrogens is 368 g/mol. The van der Waals surface area contributed by atoms with Gasteiger partial charge in [-0.3, -0.25) is 9.59 Å². The summed E-state index contributed by atoms with van der Waals surface area (Å²) in [5.41, 5.74) is -0.0618. The van der Waals surface area contributed by atoms with Crippen LogP contribution in [0.2, 0.25) is 5.02 Å². The molecule has 21 heavy (non-hydrogen) atoms. The van der Waals surface area contributed by atoms with Crippen molar-refractivity contribution in [1.82, 2.24) is 0 Å². The van der Waals surface area contributed by atoms with Crippen molar-refractivity contribution in [3.05, 3.63) is 62.6 Å². The molecule has 106 valence electrons. The normalized spacial score (nSPS) is 13.8. The van der Waals surface area contributed by atoms with Gasteiger partial charge < -0.3 is 0 Å². The van der Waals surface area contributed by atoms with Crippen LogP contribution in [-0.4, -0.2) is 11.8 Å². The summed E-state index contributed by atoms with van der Waals surface area (Å²) in [4.78, 5) is 25.3. The molecule has 2 aromatic carbocycles. The first-order chi connectivity index (χ1) is 9.90. The predicted octanol–water partition coefficient (Wildman–Crippen LogP) is 4.18. The van der Waals surface area contributed by atoms with Crippen LogP contribution in [0.5, 0.6) is 0 Å². The van der Waals surface area contributed by atoms with E-state index in [4.69, 9.17) is 11.6 Å². The van der Waals surface area contributed by atoms with Gasteiger partial charge in [0.1, 0.15) is 0 Å². The summed E-state index contributed by atoms with van der Waals surface area (Å²) in [6.45, 7) is 0. The van der Waals surface area contributed by atoms with Crippen molar-refractivity contribution < 1.29 is 18.4 Å². The molecule has 0 aromatic heterocycles. The summed E-state index contributed by atoms with van der Waals surface area (Å²) >= 11 is 9.05. The van der Waals surface area contributed by atoms with Crippen molar-refractivity contribution in [2.45, 2.75) is 0 Å². The van der Waals surface area contributed by atoms with Gasteiger partial charge in [0.2, 0.25) is 0 Å². The van der Waals surface area contributed by atoms with E-state index < -0.39 is 23.4 Å². The fraction of sp³-hybridized carbons (Fsp3) is 0. The highest BCUT2D eigenvalue weighted by atomic mass is 79.9. The van der Waals surface area contributed by atoms with Crippen LogP contribution in [0.1, 0.15) is 20.7 Å². The zero-order chi connectivity index (χ0) is 15.3. The van der Waals surface area contributed by atoms with Gasteiger partial charge in [-0.05, 0) is 46.3 Å². The van der Waals surface area contributed by atoms with E-state index >= 15 is 0 Å². The third-order valence-electron chi connectivity index (χ3n) is 3.09. The Kier molecular flexibility index (Phi) is 3.30. The van der Waals surface area contributed by atoms with Crippen LogP contribution < -0.4 is 4.90 Å². The monoisotopic (exact) mass is 371 g/mol. The lowest BCUT2D eigenvalue weighted by Crippen LogP contribution is -2.29. The highest BCUT2D eigenvalue weighted by molar-refractivity contribution is 9.10. The molecule has 1 heterocycles. The van der Waals surface area contributed by atoms with Gasteiger partial charge in [-0.1, -0.05) is 11.6 Å². The average molecular weight is 373 g/mol. The number of carbonyl (C=O) groups is 2. The Bertz CT molecular complexity index is 769. The maximum atomic E-state index is 13.2. The number of carbonyl (C=O) groups excluding carboxylic acids is 2. The van der Waals surface area contributed by atoms with E-state index in [-0.39, 0.29) is 16.8 Å². The fourth-order valence-electron chi connectivity index (χ4n) is 2.09. The van der Waals surface area contributed by atoms with E-state index in [0.29, 0.717) is 9.50 Å². The number of rotatable bonds is 1. The quantitative estimate of drug-likeness (QED) is 0.704. The van der Waals surface area contributed by atoms with Gasteiger partial charge in [-0.25, -0.2) is 13.7 Å². The number of hydrogen-bond donors (Lipinski definition) is 0. The smallest absolute Gasteiger partial charge is 0.266 e. The Morgan fingerprint density at radius 3 is 1.95 bits per heavy atom. The van der Waals surface area contributed by atoms with Gasteiger partial charge in [0.25, 0.3) is 11.8 Å². The Balaban J connectivity index is 2.13. The Labute approximate surface area is 131 Å². The van der Waals surface area contributed by atoms with E-state index in [0.717, 1.165) is 17.0 Å². The Hall–Kier alpha value is -1.79. The van der Waals surface area contributed by atoms with Crippen molar-refractivity contribution >= 4 is 45.0 Å². The third-order valence-corrected chi connectivity index (χ3v) is 4.30. The molecule has 0 atom stereocenters. The molecule has 0 unspecified atom stereocenters. The zero-order valence-electron chi connectivity index (χ0n) is 10.2. The zero-order valence-corrected chi connectivity index (χ0v) is 12.5. The molecule has 2 aromatic rings. The molecular formula is C14H5BrClF2NO2. The van der Waals surface area contributed by atoms with Crippen LogP contribution in [0.15, 0.2) is 34.8 Å². The Morgan fingerprint density at radius 2 is 1.48 bits per heavy atom.